The van der Waals surface area contributed by atoms with Crippen LogP contribution in [0.15, 0.2) is 29.3 Å². The zero-order chi connectivity index (χ0) is 15.7. The van der Waals surface area contributed by atoms with Gasteiger partial charge in [-0.15, -0.1) is 24.0 Å². The molecule has 2 N–H and O–H groups in total. The fourth-order valence-corrected chi connectivity index (χ4v) is 1.84. The summed E-state index contributed by atoms with van der Waals surface area (Å²) in [6, 6.07) is 8.16. The number of nitrogens with zero attached hydrogens (tertiary/aromatic N) is 1. The Hall–Kier alpha value is -0.980. The summed E-state index contributed by atoms with van der Waals surface area (Å²) in [4.78, 5) is 4.23. The number of hydrogen-bond donors (Lipinski definition) is 2. The molecular weight excluding hydrogens is 389 g/mol. The maximum absolute atomic E-state index is 5.63. The van der Waals surface area contributed by atoms with Crippen molar-refractivity contribution in [1.29, 1.82) is 0 Å². The van der Waals surface area contributed by atoms with Crippen LogP contribution in [-0.2, 0) is 6.54 Å². The summed E-state index contributed by atoms with van der Waals surface area (Å²) in [7, 11) is 1.80. The molecule has 0 amide bonds. The first-order valence-electron chi connectivity index (χ1n) is 7.71. The smallest absolute Gasteiger partial charge is 0.191 e. The summed E-state index contributed by atoms with van der Waals surface area (Å²) in [5, 5.41) is 6.64. The summed E-state index contributed by atoms with van der Waals surface area (Å²) >= 11 is 0. The van der Waals surface area contributed by atoms with Gasteiger partial charge in [0.15, 0.2) is 5.96 Å². The summed E-state index contributed by atoms with van der Waals surface area (Å²) < 4.78 is 5.63. The van der Waals surface area contributed by atoms with Gasteiger partial charge in [0.25, 0.3) is 0 Å². The van der Waals surface area contributed by atoms with Gasteiger partial charge in [0.2, 0.25) is 0 Å². The van der Waals surface area contributed by atoms with Gasteiger partial charge in [-0.2, -0.15) is 0 Å². The molecule has 4 nitrogen and oxygen atoms in total. The Morgan fingerprint density at radius 2 is 1.73 bits per heavy atom. The second-order valence-electron chi connectivity index (χ2n) is 5.85. The highest BCUT2D eigenvalue weighted by Gasteiger charge is 2.01. The molecule has 0 radical (unpaired) electrons. The van der Waals surface area contributed by atoms with E-state index in [2.05, 4.69) is 41.6 Å². The SMILES string of the molecule is CN=C(NCCC(C)C)NCc1ccc(OC(C)C)cc1.I. The third-order valence-corrected chi connectivity index (χ3v) is 2.99. The molecule has 0 aromatic heterocycles. The van der Waals surface area contributed by atoms with Crippen LogP contribution in [0.5, 0.6) is 5.75 Å². The lowest BCUT2D eigenvalue weighted by atomic mass is 10.1. The van der Waals surface area contributed by atoms with Crippen molar-refractivity contribution in [3.05, 3.63) is 29.8 Å². The van der Waals surface area contributed by atoms with E-state index in [4.69, 9.17) is 4.74 Å². The predicted octanol–water partition coefficient (Wildman–Crippen LogP) is 3.80. The number of nitrogens with one attached hydrogen (secondary N) is 2. The Bertz CT molecular complexity index is 430. The highest BCUT2D eigenvalue weighted by molar-refractivity contribution is 14.0. The Kier molecular flexibility index (Phi) is 11.1. The first-order chi connectivity index (χ1) is 10.0. The zero-order valence-corrected chi connectivity index (χ0v) is 16.7. The molecule has 0 atom stereocenters. The van der Waals surface area contributed by atoms with E-state index < -0.39 is 0 Å². The van der Waals surface area contributed by atoms with E-state index in [9.17, 15) is 0 Å². The molecule has 1 aromatic rings. The van der Waals surface area contributed by atoms with Crippen LogP contribution in [0.2, 0.25) is 0 Å². The fraction of sp³-hybridized carbons (Fsp3) is 0.588. The van der Waals surface area contributed by atoms with Crippen LogP contribution in [0, 0.1) is 5.92 Å². The molecule has 0 aliphatic carbocycles. The van der Waals surface area contributed by atoms with Crippen molar-refractivity contribution in [1.82, 2.24) is 10.6 Å². The average molecular weight is 419 g/mol. The summed E-state index contributed by atoms with van der Waals surface area (Å²) in [6.45, 7) is 10.2. The maximum Gasteiger partial charge on any atom is 0.191 e. The van der Waals surface area contributed by atoms with E-state index in [0.717, 1.165) is 31.2 Å². The van der Waals surface area contributed by atoms with Crippen molar-refractivity contribution >= 4 is 29.9 Å². The quantitative estimate of drug-likeness (QED) is 0.402. The molecule has 22 heavy (non-hydrogen) atoms. The van der Waals surface area contributed by atoms with Crippen molar-refractivity contribution in [2.24, 2.45) is 10.9 Å². The van der Waals surface area contributed by atoms with Gasteiger partial charge >= 0.3 is 0 Å². The van der Waals surface area contributed by atoms with Crippen LogP contribution in [0.1, 0.15) is 39.7 Å². The zero-order valence-electron chi connectivity index (χ0n) is 14.3. The van der Waals surface area contributed by atoms with Crippen LogP contribution in [0.4, 0.5) is 0 Å². The number of halogens is 1. The van der Waals surface area contributed by atoms with Crippen molar-refractivity contribution in [2.45, 2.75) is 46.8 Å². The van der Waals surface area contributed by atoms with Crippen molar-refractivity contribution in [2.75, 3.05) is 13.6 Å². The third kappa shape index (κ3) is 9.12. The molecule has 0 fully saturated rings. The first kappa shape index (κ1) is 21.0. The van der Waals surface area contributed by atoms with Crippen LogP contribution >= 0.6 is 24.0 Å². The first-order valence-corrected chi connectivity index (χ1v) is 7.71. The lowest BCUT2D eigenvalue weighted by Crippen LogP contribution is -2.37. The Labute approximate surface area is 152 Å². The van der Waals surface area contributed by atoms with E-state index >= 15 is 0 Å². The minimum Gasteiger partial charge on any atom is -0.491 e. The van der Waals surface area contributed by atoms with Crippen LogP contribution in [-0.4, -0.2) is 25.7 Å². The number of rotatable bonds is 7. The largest absolute Gasteiger partial charge is 0.491 e. The third-order valence-electron chi connectivity index (χ3n) is 2.99. The van der Waals surface area contributed by atoms with Gasteiger partial charge in [-0.1, -0.05) is 26.0 Å². The monoisotopic (exact) mass is 419 g/mol. The topological polar surface area (TPSA) is 45.7 Å². The Morgan fingerprint density at radius 1 is 1.09 bits per heavy atom. The Balaban J connectivity index is 0.00000441. The van der Waals surface area contributed by atoms with Gasteiger partial charge in [-0.25, -0.2) is 0 Å². The van der Waals surface area contributed by atoms with Crippen LogP contribution < -0.4 is 15.4 Å². The molecule has 0 saturated heterocycles. The van der Waals surface area contributed by atoms with Gasteiger partial charge in [0, 0.05) is 20.1 Å². The minimum atomic E-state index is 0. The van der Waals surface area contributed by atoms with Crippen molar-refractivity contribution < 1.29 is 4.74 Å². The number of guanidine groups is 1. The minimum absolute atomic E-state index is 0. The van der Waals surface area contributed by atoms with E-state index in [1.165, 1.54) is 5.56 Å². The van der Waals surface area contributed by atoms with E-state index in [-0.39, 0.29) is 30.1 Å². The molecule has 0 bridgehead atoms. The van der Waals surface area contributed by atoms with E-state index in [0.29, 0.717) is 5.92 Å². The molecule has 0 aliphatic rings. The molecule has 0 spiro atoms. The number of hydrogen-bond acceptors (Lipinski definition) is 2. The molecule has 0 unspecified atom stereocenters. The van der Waals surface area contributed by atoms with Gasteiger partial charge in [-0.05, 0) is 43.9 Å². The molecule has 0 aliphatic heterocycles. The number of aliphatic imine (C=N–C) groups is 1. The van der Waals surface area contributed by atoms with Crippen LogP contribution in [0.25, 0.3) is 0 Å². The summed E-state index contributed by atoms with van der Waals surface area (Å²) in [5.74, 6) is 2.45. The highest BCUT2D eigenvalue weighted by atomic mass is 127. The molecule has 126 valence electrons. The lowest BCUT2D eigenvalue weighted by molar-refractivity contribution is 0.242. The molecule has 0 saturated carbocycles. The highest BCUT2D eigenvalue weighted by Crippen LogP contribution is 2.13. The standard InChI is InChI=1S/C17H29N3O.HI/c1-13(2)10-11-19-17(18-5)20-12-15-6-8-16(9-7-15)21-14(3)4;/h6-9,13-14H,10-12H2,1-5H3,(H2,18,19,20);1H. The second kappa shape index (κ2) is 11.6. The predicted molar refractivity (Wildman–Crippen MR) is 105 cm³/mol. The van der Waals surface area contributed by atoms with Gasteiger partial charge < -0.3 is 15.4 Å². The lowest BCUT2D eigenvalue weighted by Gasteiger charge is -2.13. The van der Waals surface area contributed by atoms with Crippen molar-refractivity contribution in [3.8, 4) is 5.75 Å². The second-order valence-corrected chi connectivity index (χ2v) is 5.85. The normalized spacial score (nSPS) is 11.3. The molecular formula is C17H30IN3O. The van der Waals surface area contributed by atoms with Gasteiger partial charge in [0.1, 0.15) is 5.75 Å². The number of ether oxygens (including phenoxy) is 1. The fourth-order valence-electron chi connectivity index (χ4n) is 1.84. The van der Waals surface area contributed by atoms with Gasteiger partial charge in [0.05, 0.1) is 6.10 Å². The van der Waals surface area contributed by atoms with Crippen LogP contribution in [0.3, 0.4) is 0 Å². The van der Waals surface area contributed by atoms with E-state index in [1.807, 2.05) is 26.0 Å². The maximum atomic E-state index is 5.63. The molecule has 1 rings (SSSR count). The molecule has 5 heteroatoms. The van der Waals surface area contributed by atoms with E-state index in [1.54, 1.807) is 7.05 Å². The molecule has 1 aromatic carbocycles. The Morgan fingerprint density at radius 3 is 2.23 bits per heavy atom. The summed E-state index contributed by atoms with van der Waals surface area (Å²) in [6.07, 6.45) is 1.35. The van der Waals surface area contributed by atoms with Crippen molar-refractivity contribution in [3.63, 3.8) is 0 Å². The van der Waals surface area contributed by atoms with Gasteiger partial charge in [-0.3, -0.25) is 4.99 Å². The average Bonchev–Trinajstić information content (AvgIpc) is 2.43. The molecule has 0 heterocycles. The number of benzene rings is 1. The summed E-state index contributed by atoms with van der Waals surface area (Å²) in [5.41, 5.74) is 1.21.